The first-order valence-electron chi connectivity index (χ1n) is 6.64. The topological polar surface area (TPSA) is 39.1 Å². The minimum Gasteiger partial charge on any atom is -0.375 e. The van der Waals surface area contributed by atoms with Crippen molar-refractivity contribution in [3.8, 4) is 6.07 Å². The molecule has 0 saturated carbocycles. The number of benzene rings is 1. The third-order valence-electron chi connectivity index (χ3n) is 3.66. The van der Waals surface area contributed by atoms with E-state index >= 15 is 0 Å². The largest absolute Gasteiger partial charge is 0.375 e. The molecule has 1 N–H and O–H groups in total. The van der Waals surface area contributed by atoms with Gasteiger partial charge in [-0.3, -0.25) is 0 Å². The van der Waals surface area contributed by atoms with Gasteiger partial charge in [0.2, 0.25) is 0 Å². The summed E-state index contributed by atoms with van der Waals surface area (Å²) < 4.78 is 12.8. The molecule has 0 aliphatic rings. The normalized spacial score (nSPS) is 13.6. The van der Waals surface area contributed by atoms with Crippen LogP contribution in [0.4, 0.5) is 10.1 Å². The summed E-state index contributed by atoms with van der Waals surface area (Å²) in [5.74, 6) is -0.221. The van der Waals surface area contributed by atoms with Gasteiger partial charge in [0.1, 0.15) is 11.4 Å². The number of hydrogen-bond donors (Lipinski definition) is 1. The van der Waals surface area contributed by atoms with Crippen LogP contribution in [0.15, 0.2) is 24.3 Å². The Morgan fingerprint density at radius 1 is 1.37 bits per heavy atom. The average Bonchev–Trinajstić information content (AvgIpc) is 2.45. The standard InChI is InChI=1S/C15H22FN3/c1-4-15(12-17,18-2)10-5-11-19(3)14-8-6-13(16)7-9-14/h6-9,18H,4-5,10-11H2,1-3H3. The summed E-state index contributed by atoms with van der Waals surface area (Å²) >= 11 is 0. The van der Waals surface area contributed by atoms with Crippen LogP contribution in [0.25, 0.3) is 0 Å². The minimum absolute atomic E-state index is 0.221. The number of nitrogens with one attached hydrogen (secondary N) is 1. The quantitative estimate of drug-likeness (QED) is 0.822. The SMILES string of the molecule is CCC(C#N)(CCCN(C)c1ccc(F)cc1)NC. The van der Waals surface area contributed by atoms with Crippen molar-refractivity contribution in [1.82, 2.24) is 5.32 Å². The molecule has 0 spiro atoms. The Balaban J connectivity index is 2.49. The molecule has 0 amide bonds. The van der Waals surface area contributed by atoms with Gasteiger partial charge in [-0.05, 0) is 50.6 Å². The lowest BCUT2D eigenvalue weighted by atomic mass is 9.92. The fourth-order valence-electron chi connectivity index (χ4n) is 2.11. The van der Waals surface area contributed by atoms with Crippen LogP contribution in [0.5, 0.6) is 0 Å². The molecule has 1 rings (SSSR count). The van der Waals surface area contributed by atoms with Crippen molar-refractivity contribution in [1.29, 1.82) is 5.26 Å². The summed E-state index contributed by atoms with van der Waals surface area (Å²) in [5.41, 5.74) is 0.564. The maximum absolute atomic E-state index is 12.8. The van der Waals surface area contributed by atoms with Crippen LogP contribution >= 0.6 is 0 Å². The number of halogens is 1. The van der Waals surface area contributed by atoms with Gasteiger partial charge in [0.05, 0.1) is 6.07 Å². The lowest BCUT2D eigenvalue weighted by molar-refractivity contribution is 0.393. The van der Waals surface area contributed by atoms with Gasteiger partial charge in [-0.2, -0.15) is 5.26 Å². The fraction of sp³-hybridized carbons (Fsp3) is 0.533. The molecule has 3 nitrogen and oxygen atoms in total. The number of hydrogen-bond acceptors (Lipinski definition) is 3. The molecule has 0 aromatic heterocycles. The van der Waals surface area contributed by atoms with Crippen molar-refractivity contribution in [2.75, 3.05) is 25.5 Å². The number of nitriles is 1. The molecular weight excluding hydrogens is 241 g/mol. The summed E-state index contributed by atoms with van der Waals surface area (Å²) in [5, 5.41) is 12.3. The van der Waals surface area contributed by atoms with Crippen LogP contribution in [0.3, 0.4) is 0 Å². The zero-order chi connectivity index (χ0) is 14.3. The second kappa shape index (κ2) is 7.10. The van der Waals surface area contributed by atoms with Gasteiger partial charge in [-0.25, -0.2) is 4.39 Å². The van der Waals surface area contributed by atoms with Crippen LogP contribution in [0.1, 0.15) is 26.2 Å². The van der Waals surface area contributed by atoms with Gasteiger partial charge in [-0.15, -0.1) is 0 Å². The van der Waals surface area contributed by atoms with E-state index in [1.807, 2.05) is 21.0 Å². The predicted molar refractivity (Wildman–Crippen MR) is 76.6 cm³/mol. The van der Waals surface area contributed by atoms with E-state index in [2.05, 4.69) is 16.3 Å². The van der Waals surface area contributed by atoms with Crippen molar-refractivity contribution < 1.29 is 4.39 Å². The maximum Gasteiger partial charge on any atom is 0.123 e. The molecule has 0 fully saturated rings. The molecule has 0 bridgehead atoms. The summed E-state index contributed by atoms with van der Waals surface area (Å²) in [6.45, 7) is 2.86. The van der Waals surface area contributed by atoms with E-state index in [1.54, 1.807) is 12.1 Å². The minimum atomic E-state index is -0.427. The van der Waals surface area contributed by atoms with Gasteiger partial charge >= 0.3 is 0 Å². The highest BCUT2D eigenvalue weighted by Crippen LogP contribution is 2.18. The van der Waals surface area contributed by atoms with E-state index in [-0.39, 0.29) is 5.82 Å². The molecule has 0 radical (unpaired) electrons. The molecule has 1 aromatic carbocycles. The van der Waals surface area contributed by atoms with E-state index < -0.39 is 5.54 Å². The zero-order valence-corrected chi connectivity index (χ0v) is 11.9. The molecule has 1 aromatic rings. The van der Waals surface area contributed by atoms with Crippen LogP contribution in [0.2, 0.25) is 0 Å². The highest BCUT2D eigenvalue weighted by atomic mass is 19.1. The molecule has 1 atom stereocenters. The summed E-state index contributed by atoms with van der Waals surface area (Å²) in [6, 6.07) is 8.82. The Morgan fingerprint density at radius 2 is 2.00 bits per heavy atom. The van der Waals surface area contributed by atoms with E-state index in [1.165, 1.54) is 12.1 Å². The van der Waals surface area contributed by atoms with Crippen LogP contribution in [0, 0.1) is 17.1 Å². The third-order valence-corrected chi connectivity index (χ3v) is 3.66. The smallest absolute Gasteiger partial charge is 0.123 e. The van der Waals surface area contributed by atoms with Crippen molar-refractivity contribution in [2.24, 2.45) is 0 Å². The molecule has 0 aliphatic carbocycles. The zero-order valence-electron chi connectivity index (χ0n) is 11.9. The molecule has 0 saturated heterocycles. The summed E-state index contributed by atoms with van der Waals surface area (Å²) in [7, 11) is 3.81. The van der Waals surface area contributed by atoms with Crippen molar-refractivity contribution in [3.63, 3.8) is 0 Å². The van der Waals surface area contributed by atoms with Crippen LogP contribution in [-0.2, 0) is 0 Å². The van der Waals surface area contributed by atoms with E-state index in [0.717, 1.165) is 31.5 Å². The van der Waals surface area contributed by atoms with Gasteiger partial charge in [0.25, 0.3) is 0 Å². The Morgan fingerprint density at radius 3 is 2.47 bits per heavy atom. The second-order valence-corrected chi connectivity index (χ2v) is 4.80. The van der Waals surface area contributed by atoms with Crippen molar-refractivity contribution in [2.45, 2.75) is 31.7 Å². The van der Waals surface area contributed by atoms with E-state index in [0.29, 0.717) is 0 Å². The molecule has 104 valence electrons. The molecule has 1 unspecified atom stereocenters. The third kappa shape index (κ3) is 4.22. The van der Waals surface area contributed by atoms with E-state index in [4.69, 9.17) is 0 Å². The first-order chi connectivity index (χ1) is 9.06. The predicted octanol–water partition coefficient (Wildman–Crippen LogP) is 2.93. The number of anilines is 1. The van der Waals surface area contributed by atoms with Crippen LogP contribution in [-0.4, -0.2) is 26.2 Å². The van der Waals surface area contributed by atoms with Gasteiger partial charge in [-0.1, -0.05) is 6.92 Å². The van der Waals surface area contributed by atoms with Crippen LogP contribution < -0.4 is 10.2 Å². The Hall–Kier alpha value is -1.60. The molecular formula is C15H22FN3. The molecule has 4 heteroatoms. The average molecular weight is 263 g/mol. The number of rotatable bonds is 7. The first-order valence-corrected chi connectivity index (χ1v) is 6.64. The van der Waals surface area contributed by atoms with Gasteiger partial charge in [0, 0.05) is 19.3 Å². The summed E-state index contributed by atoms with van der Waals surface area (Å²) in [4.78, 5) is 2.08. The highest BCUT2D eigenvalue weighted by molar-refractivity contribution is 5.45. The highest BCUT2D eigenvalue weighted by Gasteiger charge is 2.24. The Labute approximate surface area is 115 Å². The number of nitrogens with zero attached hydrogens (tertiary/aromatic N) is 2. The van der Waals surface area contributed by atoms with Crippen molar-refractivity contribution >= 4 is 5.69 Å². The van der Waals surface area contributed by atoms with E-state index in [9.17, 15) is 9.65 Å². The summed E-state index contributed by atoms with van der Waals surface area (Å²) in [6.07, 6.45) is 2.51. The van der Waals surface area contributed by atoms with Gasteiger partial charge in [0.15, 0.2) is 0 Å². The Kier molecular flexibility index (Phi) is 5.78. The molecule has 19 heavy (non-hydrogen) atoms. The molecule has 0 heterocycles. The first kappa shape index (κ1) is 15.5. The van der Waals surface area contributed by atoms with Gasteiger partial charge < -0.3 is 10.2 Å². The molecule has 0 aliphatic heterocycles. The van der Waals surface area contributed by atoms with Crippen molar-refractivity contribution in [3.05, 3.63) is 30.1 Å². The lowest BCUT2D eigenvalue weighted by Crippen LogP contribution is -2.41. The lowest BCUT2D eigenvalue weighted by Gasteiger charge is -2.26. The maximum atomic E-state index is 12.8. The monoisotopic (exact) mass is 263 g/mol. The fourth-order valence-corrected chi connectivity index (χ4v) is 2.11. The Bertz CT molecular complexity index is 418. The second-order valence-electron chi connectivity index (χ2n) is 4.80.